The Morgan fingerprint density at radius 2 is 1.26 bits per heavy atom. The molecule has 178 valence electrons. The fraction of sp³-hybridized carbons (Fsp3) is 0.250. The second-order valence-electron chi connectivity index (χ2n) is 7.61. The molecule has 3 aromatic carbocycles. The summed E-state index contributed by atoms with van der Waals surface area (Å²) < 4.78 is 23.4. The van der Waals surface area contributed by atoms with Crippen molar-refractivity contribution in [2.45, 2.75) is 32.0 Å². The molecule has 0 saturated heterocycles. The smallest absolute Gasteiger partial charge is 0.131 e. The van der Waals surface area contributed by atoms with Crippen molar-refractivity contribution in [1.29, 1.82) is 0 Å². The van der Waals surface area contributed by atoms with Crippen molar-refractivity contribution in [2.24, 2.45) is 5.16 Å². The second-order valence-corrected chi connectivity index (χ2v) is 7.61. The molecule has 34 heavy (non-hydrogen) atoms. The van der Waals surface area contributed by atoms with Crippen LogP contribution in [-0.2, 0) is 38.8 Å². The Hall–Kier alpha value is -3.45. The fourth-order valence-electron chi connectivity index (χ4n) is 3.32. The maximum Gasteiger partial charge on any atom is 0.131 e. The average molecular weight is 462 g/mol. The summed E-state index contributed by atoms with van der Waals surface area (Å²) in [5.74, 6) is 0. The SMILES string of the molecule is CO/C=C\[C@@H](OCc1ccccc1)[C@H](OCc1ccccc1)/C(COCc1ccccc1)=N\O. The van der Waals surface area contributed by atoms with Crippen molar-refractivity contribution in [3.8, 4) is 0 Å². The van der Waals surface area contributed by atoms with Crippen molar-refractivity contribution in [3.63, 3.8) is 0 Å². The summed E-state index contributed by atoms with van der Waals surface area (Å²) in [6.45, 7) is 1.13. The average Bonchev–Trinajstić information content (AvgIpc) is 2.90. The highest BCUT2D eigenvalue weighted by Crippen LogP contribution is 2.16. The summed E-state index contributed by atoms with van der Waals surface area (Å²) in [4.78, 5) is 0. The highest BCUT2D eigenvalue weighted by Gasteiger charge is 2.28. The van der Waals surface area contributed by atoms with Crippen LogP contribution in [0.4, 0.5) is 0 Å². The van der Waals surface area contributed by atoms with Crippen LogP contribution in [0.25, 0.3) is 0 Å². The molecule has 0 bridgehead atoms. The first-order valence-electron chi connectivity index (χ1n) is 11.1. The summed E-state index contributed by atoms with van der Waals surface area (Å²) in [7, 11) is 1.56. The largest absolute Gasteiger partial charge is 0.505 e. The Balaban J connectivity index is 1.75. The molecule has 6 nitrogen and oxygen atoms in total. The zero-order chi connectivity index (χ0) is 23.8. The lowest BCUT2D eigenvalue weighted by atomic mass is 10.1. The first-order valence-corrected chi connectivity index (χ1v) is 11.1. The highest BCUT2D eigenvalue weighted by molar-refractivity contribution is 5.90. The van der Waals surface area contributed by atoms with Gasteiger partial charge in [-0.3, -0.25) is 0 Å². The van der Waals surface area contributed by atoms with Crippen LogP contribution in [-0.4, -0.2) is 36.8 Å². The van der Waals surface area contributed by atoms with Gasteiger partial charge in [-0.15, -0.1) is 0 Å². The molecule has 0 aliphatic carbocycles. The summed E-state index contributed by atoms with van der Waals surface area (Å²) in [6.07, 6.45) is 2.01. The Morgan fingerprint density at radius 1 is 0.765 bits per heavy atom. The van der Waals surface area contributed by atoms with Crippen LogP contribution >= 0.6 is 0 Å². The predicted octanol–water partition coefficient (Wildman–Crippen LogP) is 5.36. The molecule has 0 fully saturated rings. The van der Waals surface area contributed by atoms with Crippen LogP contribution in [0.2, 0.25) is 0 Å². The Kier molecular flexibility index (Phi) is 10.8. The van der Waals surface area contributed by atoms with Crippen molar-refractivity contribution < 1.29 is 24.2 Å². The number of hydrogen-bond donors (Lipinski definition) is 1. The number of hydrogen-bond acceptors (Lipinski definition) is 6. The minimum atomic E-state index is -0.698. The maximum absolute atomic E-state index is 9.87. The Morgan fingerprint density at radius 3 is 1.76 bits per heavy atom. The first-order chi connectivity index (χ1) is 16.8. The second kappa shape index (κ2) is 14.6. The molecule has 0 aliphatic heterocycles. The maximum atomic E-state index is 9.87. The molecule has 0 aromatic heterocycles. The van der Waals surface area contributed by atoms with Gasteiger partial charge in [-0.25, -0.2) is 0 Å². The zero-order valence-electron chi connectivity index (χ0n) is 19.3. The highest BCUT2D eigenvalue weighted by atomic mass is 16.5. The zero-order valence-corrected chi connectivity index (χ0v) is 19.3. The number of oxime groups is 1. The summed E-state index contributed by atoms with van der Waals surface area (Å²) in [6, 6.07) is 29.5. The van der Waals surface area contributed by atoms with Gasteiger partial charge in [0.05, 0.1) is 39.8 Å². The van der Waals surface area contributed by atoms with Gasteiger partial charge < -0.3 is 24.2 Å². The van der Waals surface area contributed by atoms with Crippen LogP contribution < -0.4 is 0 Å². The minimum Gasteiger partial charge on any atom is -0.505 e. The molecular formula is C28H31NO5. The van der Waals surface area contributed by atoms with Crippen molar-refractivity contribution in [3.05, 3.63) is 120 Å². The van der Waals surface area contributed by atoms with E-state index in [9.17, 15) is 5.21 Å². The quantitative estimate of drug-likeness (QED) is 0.151. The molecule has 1 N–H and O–H groups in total. The van der Waals surface area contributed by atoms with E-state index < -0.39 is 12.2 Å². The van der Waals surface area contributed by atoms with Crippen LogP contribution in [0, 0.1) is 0 Å². The van der Waals surface area contributed by atoms with E-state index in [4.69, 9.17) is 18.9 Å². The van der Waals surface area contributed by atoms with Gasteiger partial charge in [-0.2, -0.15) is 0 Å². The molecule has 0 amide bonds. The van der Waals surface area contributed by atoms with Gasteiger partial charge in [0.2, 0.25) is 0 Å². The standard InChI is InChI=1S/C28H31NO5/c1-31-18-17-27(33-20-24-13-7-3-8-14-24)28(34-21-25-15-9-4-10-16-25)26(29-30)22-32-19-23-11-5-2-6-12-23/h2-18,27-28,30H,19-22H2,1H3/b18-17-,29-26-/t27-,28-/m1/s1. The molecule has 0 radical (unpaired) electrons. The van der Waals surface area contributed by atoms with Gasteiger partial charge in [0, 0.05) is 0 Å². The van der Waals surface area contributed by atoms with E-state index >= 15 is 0 Å². The molecule has 3 aromatic rings. The lowest BCUT2D eigenvalue weighted by molar-refractivity contribution is -0.0380. The molecule has 6 heteroatoms. The van der Waals surface area contributed by atoms with Gasteiger partial charge in [0.15, 0.2) is 0 Å². The van der Waals surface area contributed by atoms with E-state index in [-0.39, 0.29) is 6.61 Å². The van der Waals surface area contributed by atoms with Crippen LogP contribution in [0.15, 0.2) is 108 Å². The Bertz CT molecular complexity index is 993. The van der Waals surface area contributed by atoms with Gasteiger partial charge in [0.1, 0.15) is 17.9 Å². The molecule has 0 heterocycles. The van der Waals surface area contributed by atoms with Gasteiger partial charge >= 0.3 is 0 Å². The van der Waals surface area contributed by atoms with E-state index in [1.165, 1.54) is 6.26 Å². The van der Waals surface area contributed by atoms with Gasteiger partial charge in [-0.1, -0.05) is 96.2 Å². The molecule has 0 spiro atoms. The number of nitrogens with zero attached hydrogens (tertiary/aromatic N) is 1. The van der Waals surface area contributed by atoms with Gasteiger partial charge in [0.25, 0.3) is 0 Å². The summed E-state index contributed by atoms with van der Waals surface area (Å²) >= 11 is 0. The van der Waals surface area contributed by atoms with E-state index in [2.05, 4.69) is 5.16 Å². The predicted molar refractivity (Wildman–Crippen MR) is 132 cm³/mol. The van der Waals surface area contributed by atoms with Crippen molar-refractivity contribution in [1.82, 2.24) is 0 Å². The van der Waals surface area contributed by atoms with Crippen LogP contribution in [0.1, 0.15) is 16.7 Å². The molecule has 0 aliphatic rings. The lowest BCUT2D eigenvalue weighted by Gasteiger charge is -2.26. The number of methoxy groups -OCH3 is 1. The van der Waals surface area contributed by atoms with E-state index in [1.54, 1.807) is 13.2 Å². The third-order valence-electron chi connectivity index (χ3n) is 5.08. The summed E-state index contributed by atoms with van der Waals surface area (Å²) in [5.41, 5.74) is 3.36. The molecule has 0 unspecified atom stereocenters. The summed E-state index contributed by atoms with van der Waals surface area (Å²) in [5, 5.41) is 13.4. The van der Waals surface area contributed by atoms with E-state index in [0.29, 0.717) is 25.5 Å². The fourth-order valence-corrected chi connectivity index (χ4v) is 3.32. The number of rotatable bonds is 14. The molecule has 2 atom stereocenters. The molecule has 0 saturated carbocycles. The number of ether oxygens (including phenoxy) is 4. The van der Waals surface area contributed by atoms with Crippen LogP contribution in [0.3, 0.4) is 0 Å². The topological polar surface area (TPSA) is 69.5 Å². The van der Waals surface area contributed by atoms with Gasteiger partial charge in [-0.05, 0) is 22.8 Å². The normalized spacial score (nSPS) is 13.6. The molecule has 3 rings (SSSR count). The van der Waals surface area contributed by atoms with E-state index in [0.717, 1.165) is 16.7 Å². The van der Waals surface area contributed by atoms with Crippen molar-refractivity contribution >= 4 is 5.71 Å². The number of benzene rings is 3. The lowest BCUT2D eigenvalue weighted by Crippen LogP contribution is -2.39. The molecular weight excluding hydrogens is 430 g/mol. The Labute approximate surface area is 201 Å². The third kappa shape index (κ3) is 8.48. The van der Waals surface area contributed by atoms with Crippen LogP contribution in [0.5, 0.6) is 0 Å². The monoisotopic (exact) mass is 461 g/mol. The third-order valence-corrected chi connectivity index (χ3v) is 5.08. The minimum absolute atomic E-state index is 0.0802. The van der Waals surface area contributed by atoms with E-state index in [1.807, 2.05) is 91.0 Å². The van der Waals surface area contributed by atoms with Crippen molar-refractivity contribution in [2.75, 3.05) is 13.7 Å². The first kappa shape index (κ1) is 25.2.